The number of carbonyl (C=O) groups excluding carboxylic acids is 1. The van der Waals surface area contributed by atoms with Gasteiger partial charge in [0.25, 0.3) is 5.91 Å². The number of aromatic nitrogens is 2. The molecule has 1 heterocycles. The summed E-state index contributed by atoms with van der Waals surface area (Å²) < 4.78 is 14.5. The first-order valence-corrected chi connectivity index (χ1v) is 6.32. The van der Waals surface area contributed by atoms with Gasteiger partial charge >= 0.3 is 5.97 Å². The fourth-order valence-electron chi connectivity index (χ4n) is 1.55. The fraction of sp³-hybridized carbons (Fsp3) is 0.0833. The van der Waals surface area contributed by atoms with E-state index in [-0.39, 0.29) is 27.8 Å². The van der Waals surface area contributed by atoms with Crippen molar-refractivity contribution in [1.29, 1.82) is 0 Å². The molecule has 1 aromatic heterocycles. The molecule has 0 bridgehead atoms. The second kappa shape index (κ2) is 6.11. The second-order valence-corrected chi connectivity index (χ2v) is 4.84. The Morgan fingerprint density at radius 3 is 2.71 bits per heavy atom. The first kappa shape index (κ1) is 15.3. The molecule has 0 aliphatic rings. The molecule has 0 unspecified atom stereocenters. The van der Waals surface area contributed by atoms with E-state index in [9.17, 15) is 14.0 Å². The number of halogens is 3. The molecular formula is C12H8Cl2FN3O3. The molecule has 0 saturated heterocycles. The van der Waals surface area contributed by atoms with Gasteiger partial charge in [-0.3, -0.25) is 14.3 Å². The van der Waals surface area contributed by atoms with Crippen LogP contribution >= 0.6 is 23.2 Å². The number of nitrogens with zero attached hydrogens (tertiary/aromatic N) is 2. The van der Waals surface area contributed by atoms with Gasteiger partial charge in [-0.1, -0.05) is 23.2 Å². The van der Waals surface area contributed by atoms with Crippen molar-refractivity contribution in [3.05, 3.63) is 46.0 Å². The number of hydrogen-bond donors (Lipinski definition) is 2. The molecule has 2 rings (SSSR count). The predicted molar refractivity (Wildman–Crippen MR) is 74.2 cm³/mol. The van der Waals surface area contributed by atoms with Crippen LogP contribution in [0.25, 0.3) is 0 Å². The standard InChI is InChI=1S/C12H8Cl2FN3O3/c13-8-2-9(14)10(15)1-7(8)12(21)17-6-3-16-18(4-6)5-11(19)20/h1-4H,5H2,(H,17,21)(H,19,20). The molecule has 0 atom stereocenters. The van der Waals surface area contributed by atoms with E-state index in [0.717, 1.165) is 16.8 Å². The fourth-order valence-corrected chi connectivity index (χ4v) is 2.02. The maximum absolute atomic E-state index is 13.4. The summed E-state index contributed by atoms with van der Waals surface area (Å²) in [5.41, 5.74) is 0.164. The van der Waals surface area contributed by atoms with Crippen LogP contribution in [0.4, 0.5) is 10.1 Å². The molecule has 1 aromatic carbocycles. The number of benzene rings is 1. The summed E-state index contributed by atoms with van der Waals surface area (Å²) in [5.74, 6) is -2.50. The SMILES string of the molecule is O=C(O)Cn1cc(NC(=O)c2cc(F)c(Cl)cc2Cl)cn1. The number of carboxylic acids is 1. The Morgan fingerprint density at radius 1 is 1.33 bits per heavy atom. The Balaban J connectivity index is 2.16. The average molecular weight is 332 g/mol. The Hall–Kier alpha value is -2.12. The van der Waals surface area contributed by atoms with Gasteiger partial charge in [-0.05, 0) is 12.1 Å². The molecule has 0 fully saturated rings. The Labute approximate surface area is 128 Å². The third-order valence-corrected chi connectivity index (χ3v) is 3.05. The first-order chi connectivity index (χ1) is 9.86. The van der Waals surface area contributed by atoms with Crippen molar-refractivity contribution in [3.63, 3.8) is 0 Å². The average Bonchev–Trinajstić information content (AvgIpc) is 2.80. The van der Waals surface area contributed by atoms with Crippen LogP contribution < -0.4 is 5.32 Å². The predicted octanol–water partition coefficient (Wildman–Crippen LogP) is 2.67. The molecule has 0 aliphatic carbocycles. The summed E-state index contributed by atoms with van der Waals surface area (Å²) in [4.78, 5) is 22.5. The van der Waals surface area contributed by atoms with E-state index in [1.54, 1.807) is 0 Å². The maximum Gasteiger partial charge on any atom is 0.325 e. The molecular weight excluding hydrogens is 324 g/mol. The van der Waals surface area contributed by atoms with Gasteiger partial charge in [0.15, 0.2) is 0 Å². The van der Waals surface area contributed by atoms with Gasteiger partial charge in [0, 0.05) is 6.20 Å². The number of aliphatic carboxylic acids is 1. The van der Waals surface area contributed by atoms with Gasteiger partial charge in [-0.2, -0.15) is 5.10 Å². The van der Waals surface area contributed by atoms with Crippen LogP contribution in [0.2, 0.25) is 10.0 Å². The van der Waals surface area contributed by atoms with Crippen LogP contribution in [0.3, 0.4) is 0 Å². The zero-order valence-electron chi connectivity index (χ0n) is 10.3. The second-order valence-electron chi connectivity index (χ2n) is 4.02. The lowest BCUT2D eigenvalue weighted by Crippen LogP contribution is -2.13. The van der Waals surface area contributed by atoms with E-state index >= 15 is 0 Å². The van der Waals surface area contributed by atoms with Crippen LogP contribution in [0.15, 0.2) is 24.5 Å². The monoisotopic (exact) mass is 331 g/mol. The van der Waals surface area contributed by atoms with Crippen molar-refractivity contribution in [2.75, 3.05) is 5.32 Å². The number of carboxylic acid groups (broad SMARTS) is 1. The molecule has 1 amide bonds. The van der Waals surface area contributed by atoms with Crippen molar-refractivity contribution >= 4 is 40.8 Å². The normalized spacial score (nSPS) is 10.4. The lowest BCUT2D eigenvalue weighted by atomic mass is 10.2. The summed E-state index contributed by atoms with van der Waals surface area (Å²) in [6.07, 6.45) is 2.59. The molecule has 110 valence electrons. The van der Waals surface area contributed by atoms with Crippen LogP contribution in [0.1, 0.15) is 10.4 Å². The van der Waals surface area contributed by atoms with Crippen LogP contribution in [-0.4, -0.2) is 26.8 Å². The van der Waals surface area contributed by atoms with Crippen molar-refractivity contribution in [2.45, 2.75) is 6.54 Å². The highest BCUT2D eigenvalue weighted by molar-refractivity contribution is 6.37. The lowest BCUT2D eigenvalue weighted by Gasteiger charge is -2.05. The van der Waals surface area contributed by atoms with Gasteiger partial charge in [-0.15, -0.1) is 0 Å². The summed E-state index contributed by atoms with van der Waals surface area (Å²) in [6.45, 7) is -0.341. The molecule has 0 radical (unpaired) electrons. The number of nitrogens with one attached hydrogen (secondary N) is 1. The Morgan fingerprint density at radius 2 is 2.05 bits per heavy atom. The summed E-state index contributed by atoms with van der Waals surface area (Å²) in [7, 11) is 0. The van der Waals surface area contributed by atoms with Crippen LogP contribution in [-0.2, 0) is 11.3 Å². The van der Waals surface area contributed by atoms with E-state index in [0.29, 0.717) is 0 Å². The Bertz CT molecular complexity index is 718. The topological polar surface area (TPSA) is 84.2 Å². The highest BCUT2D eigenvalue weighted by Crippen LogP contribution is 2.25. The van der Waals surface area contributed by atoms with Gasteiger partial charge in [0.05, 0.1) is 27.5 Å². The molecule has 9 heteroatoms. The summed E-state index contributed by atoms with van der Waals surface area (Å²) in [5, 5.41) is 14.6. The molecule has 2 aromatic rings. The number of carbonyl (C=O) groups is 2. The first-order valence-electron chi connectivity index (χ1n) is 5.57. The molecule has 6 nitrogen and oxygen atoms in total. The smallest absolute Gasteiger partial charge is 0.325 e. The lowest BCUT2D eigenvalue weighted by molar-refractivity contribution is -0.137. The molecule has 21 heavy (non-hydrogen) atoms. The molecule has 0 spiro atoms. The largest absolute Gasteiger partial charge is 0.480 e. The summed E-state index contributed by atoms with van der Waals surface area (Å²) in [6, 6.07) is 2.04. The third-order valence-electron chi connectivity index (χ3n) is 2.44. The molecule has 2 N–H and O–H groups in total. The van der Waals surface area contributed by atoms with E-state index < -0.39 is 17.7 Å². The van der Waals surface area contributed by atoms with Gasteiger partial charge in [-0.25, -0.2) is 4.39 Å². The zero-order chi connectivity index (χ0) is 15.6. The number of rotatable bonds is 4. The van der Waals surface area contributed by atoms with Crippen molar-refractivity contribution in [3.8, 4) is 0 Å². The van der Waals surface area contributed by atoms with Crippen LogP contribution in [0, 0.1) is 5.82 Å². The minimum absolute atomic E-state index is 0.00294. The maximum atomic E-state index is 13.4. The summed E-state index contributed by atoms with van der Waals surface area (Å²) >= 11 is 11.4. The van der Waals surface area contributed by atoms with E-state index in [1.165, 1.54) is 12.4 Å². The molecule has 0 aliphatic heterocycles. The minimum Gasteiger partial charge on any atom is -0.480 e. The van der Waals surface area contributed by atoms with Gasteiger partial charge in [0.2, 0.25) is 0 Å². The van der Waals surface area contributed by atoms with E-state index in [2.05, 4.69) is 10.4 Å². The van der Waals surface area contributed by atoms with Crippen molar-refractivity contribution in [2.24, 2.45) is 0 Å². The van der Waals surface area contributed by atoms with E-state index in [1.807, 2.05) is 0 Å². The van der Waals surface area contributed by atoms with Gasteiger partial charge < -0.3 is 10.4 Å². The number of amides is 1. The van der Waals surface area contributed by atoms with E-state index in [4.69, 9.17) is 28.3 Å². The van der Waals surface area contributed by atoms with Crippen molar-refractivity contribution in [1.82, 2.24) is 9.78 Å². The number of hydrogen-bond acceptors (Lipinski definition) is 3. The quantitative estimate of drug-likeness (QED) is 0.843. The highest BCUT2D eigenvalue weighted by atomic mass is 35.5. The Kier molecular flexibility index (Phi) is 4.44. The zero-order valence-corrected chi connectivity index (χ0v) is 11.8. The minimum atomic E-state index is -1.07. The number of anilines is 1. The van der Waals surface area contributed by atoms with Crippen molar-refractivity contribution < 1.29 is 19.1 Å². The molecule has 0 saturated carbocycles. The third kappa shape index (κ3) is 3.71. The highest BCUT2D eigenvalue weighted by Gasteiger charge is 2.15. The van der Waals surface area contributed by atoms with Gasteiger partial charge in [0.1, 0.15) is 12.4 Å². The van der Waals surface area contributed by atoms with Crippen LogP contribution in [0.5, 0.6) is 0 Å².